The van der Waals surface area contributed by atoms with Crippen LogP contribution in [0.5, 0.6) is 5.88 Å². The van der Waals surface area contributed by atoms with Crippen LogP contribution >= 0.6 is 0 Å². The summed E-state index contributed by atoms with van der Waals surface area (Å²) in [5.74, 6) is 0.458. The molecule has 1 fully saturated rings. The van der Waals surface area contributed by atoms with Gasteiger partial charge in [0, 0.05) is 37.6 Å². The number of rotatable bonds is 7. The molecule has 2 heterocycles. The van der Waals surface area contributed by atoms with Gasteiger partial charge >= 0.3 is 6.03 Å². The Morgan fingerprint density at radius 3 is 2.43 bits per heavy atom. The van der Waals surface area contributed by atoms with Gasteiger partial charge in [-0.05, 0) is 55.5 Å². The quantitative estimate of drug-likeness (QED) is 0.721. The van der Waals surface area contributed by atoms with Gasteiger partial charge in [-0.15, -0.1) is 0 Å². The number of carbonyl (C=O) groups is 1. The molecule has 0 spiro atoms. The molecule has 1 N–H and O–H groups in total. The molecule has 0 unspecified atom stereocenters. The summed E-state index contributed by atoms with van der Waals surface area (Å²) in [7, 11) is 1.58. The van der Waals surface area contributed by atoms with Crippen LogP contribution in [0.3, 0.4) is 0 Å². The van der Waals surface area contributed by atoms with E-state index in [2.05, 4.69) is 53.3 Å². The number of anilines is 2. The van der Waals surface area contributed by atoms with Crippen molar-refractivity contribution in [2.24, 2.45) is 0 Å². The number of nitrogens with one attached hydrogen (secondary N) is 1. The first-order valence-corrected chi connectivity index (χ1v) is 11.0. The van der Waals surface area contributed by atoms with Crippen molar-refractivity contribution < 1.29 is 9.53 Å². The molecule has 3 rings (SSSR count). The maximum Gasteiger partial charge on any atom is 0.322 e. The lowest BCUT2D eigenvalue weighted by molar-refractivity contribution is 0.208. The van der Waals surface area contributed by atoms with E-state index in [1.165, 1.54) is 24.1 Å². The molecule has 6 nitrogen and oxygen atoms in total. The highest BCUT2D eigenvalue weighted by Crippen LogP contribution is 2.26. The van der Waals surface area contributed by atoms with Gasteiger partial charge in [0.25, 0.3) is 0 Å². The van der Waals surface area contributed by atoms with E-state index in [-0.39, 0.29) is 6.03 Å². The fraction of sp³-hybridized carbons (Fsp3) is 0.500. The Bertz CT molecular complexity index is 843. The van der Waals surface area contributed by atoms with Crippen LogP contribution in [0.1, 0.15) is 43.5 Å². The molecule has 162 valence electrons. The van der Waals surface area contributed by atoms with E-state index in [1.807, 2.05) is 17.9 Å². The van der Waals surface area contributed by atoms with Crippen molar-refractivity contribution in [1.82, 2.24) is 9.88 Å². The SMILES string of the molecule is CCCCc1ccc(N2CCN(C(=O)Nc3cc(CC)c(C)nc3OC)CC2)cc1. The van der Waals surface area contributed by atoms with Gasteiger partial charge in [-0.25, -0.2) is 9.78 Å². The summed E-state index contributed by atoms with van der Waals surface area (Å²) in [5, 5.41) is 3.00. The maximum absolute atomic E-state index is 12.8. The minimum absolute atomic E-state index is 0.101. The number of amides is 2. The van der Waals surface area contributed by atoms with E-state index in [0.717, 1.165) is 37.2 Å². The van der Waals surface area contributed by atoms with Crippen molar-refractivity contribution in [3.63, 3.8) is 0 Å². The molecule has 0 bridgehead atoms. The number of benzene rings is 1. The van der Waals surface area contributed by atoms with Crippen LogP contribution in [-0.2, 0) is 12.8 Å². The first-order valence-electron chi connectivity index (χ1n) is 11.0. The van der Waals surface area contributed by atoms with Crippen LogP contribution < -0.4 is 15.0 Å². The maximum atomic E-state index is 12.8. The summed E-state index contributed by atoms with van der Waals surface area (Å²) in [6.07, 6.45) is 4.45. The number of piperazine rings is 1. The molecule has 0 saturated carbocycles. The Morgan fingerprint density at radius 2 is 1.83 bits per heavy atom. The van der Waals surface area contributed by atoms with E-state index in [4.69, 9.17) is 4.74 Å². The van der Waals surface area contributed by atoms with Crippen molar-refractivity contribution >= 4 is 17.4 Å². The first kappa shape index (κ1) is 21.9. The second kappa shape index (κ2) is 10.3. The number of pyridine rings is 1. The van der Waals surface area contributed by atoms with Crippen LogP contribution in [0.15, 0.2) is 30.3 Å². The summed E-state index contributed by atoms with van der Waals surface area (Å²) in [4.78, 5) is 21.5. The van der Waals surface area contributed by atoms with Crippen molar-refractivity contribution in [2.75, 3.05) is 43.5 Å². The van der Waals surface area contributed by atoms with E-state index >= 15 is 0 Å². The van der Waals surface area contributed by atoms with Gasteiger partial charge in [-0.2, -0.15) is 0 Å². The van der Waals surface area contributed by atoms with Crippen LogP contribution in [0, 0.1) is 6.92 Å². The minimum Gasteiger partial charge on any atom is -0.480 e. The zero-order valence-electron chi connectivity index (χ0n) is 18.7. The van der Waals surface area contributed by atoms with E-state index < -0.39 is 0 Å². The smallest absolute Gasteiger partial charge is 0.322 e. The van der Waals surface area contributed by atoms with Gasteiger partial charge in [0.15, 0.2) is 0 Å². The topological polar surface area (TPSA) is 57.7 Å². The minimum atomic E-state index is -0.101. The summed E-state index contributed by atoms with van der Waals surface area (Å²) < 4.78 is 5.37. The second-order valence-electron chi connectivity index (χ2n) is 7.82. The molecule has 0 atom stereocenters. The summed E-state index contributed by atoms with van der Waals surface area (Å²) in [6.45, 7) is 9.28. The third-order valence-electron chi connectivity index (χ3n) is 5.79. The average molecular weight is 411 g/mol. The largest absolute Gasteiger partial charge is 0.480 e. The number of aromatic nitrogens is 1. The zero-order valence-corrected chi connectivity index (χ0v) is 18.7. The number of urea groups is 1. The Hall–Kier alpha value is -2.76. The third-order valence-corrected chi connectivity index (χ3v) is 5.79. The Balaban J connectivity index is 1.58. The monoisotopic (exact) mass is 410 g/mol. The van der Waals surface area contributed by atoms with E-state index in [0.29, 0.717) is 24.7 Å². The second-order valence-corrected chi connectivity index (χ2v) is 7.82. The molecule has 6 heteroatoms. The first-order chi connectivity index (χ1) is 14.5. The van der Waals surface area contributed by atoms with Gasteiger partial charge in [0.05, 0.1) is 7.11 Å². The third kappa shape index (κ3) is 5.23. The Labute approximate surface area is 180 Å². The van der Waals surface area contributed by atoms with Gasteiger partial charge in [-0.1, -0.05) is 32.4 Å². The van der Waals surface area contributed by atoms with Gasteiger partial charge in [-0.3, -0.25) is 0 Å². The summed E-state index contributed by atoms with van der Waals surface area (Å²) in [5.41, 5.74) is 5.30. The fourth-order valence-electron chi connectivity index (χ4n) is 3.84. The molecule has 1 aliphatic heterocycles. The standard InChI is InChI=1S/C24H34N4O2/c1-5-7-8-19-9-11-21(12-10-19)27-13-15-28(16-14-27)24(29)26-22-17-20(6-2)18(3)25-23(22)30-4/h9-12,17H,5-8,13-16H2,1-4H3,(H,26,29). The fourth-order valence-corrected chi connectivity index (χ4v) is 3.84. The van der Waals surface area contributed by atoms with Crippen molar-refractivity contribution in [3.05, 3.63) is 47.2 Å². The Morgan fingerprint density at radius 1 is 1.13 bits per heavy atom. The summed E-state index contributed by atoms with van der Waals surface area (Å²) in [6, 6.07) is 10.7. The van der Waals surface area contributed by atoms with Gasteiger partial charge in [0.1, 0.15) is 5.69 Å². The molecule has 1 aromatic heterocycles. The molecule has 1 aliphatic rings. The highest BCUT2D eigenvalue weighted by atomic mass is 16.5. The molecular weight excluding hydrogens is 376 g/mol. The Kier molecular flexibility index (Phi) is 7.55. The molecular formula is C24H34N4O2. The highest BCUT2D eigenvalue weighted by molar-refractivity contribution is 5.91. The molecule has 30 heavy (non-hydrogen) atoms. The van der Waals surface area contributed by atoms with Crippen molar-refractivity contribution in [2.45, 2.75) is 46.5 Å². The number of aryl methyl sites for hydroxylation is 3. The lowest BCUT2D eigenvalue weighted by Gasteiger charge is -2.36. The zero-order chi connectivity index (χ0) is 21.5. The number of unbranched alkanes of at least 4 members (excludes halogenated alkanes) is 1. The molecule has 2 amide bonds. The number of nitrogens with zero attached hydrogens (tertiary/aromatic N) is 3. The van der Waals surface area contributed by atoms with Crippen molar-refractivity contribution in [3.8, 4) is 5.88 Å². The highest BCUT2D eigenvalue weighted by Gasteiger charge is 2.22. The van der Waals surface area contributed by atoms with Crippen molar-refractivity contribution in [1.29, 1.82) is 0 Å². The predicted molar refractivity (Wildman–Crippen MR) is 123 cm³/mol. The lowest BCUT2D eigenvalue weighted by Crippen LogP contribution is -2.50. The normalized spacial score (nSPS) is 14.0. The van der Waals surface area contributed by atoms with Crippen LogP contribution in [0.25, 0.3) is 0 Å². The predicted octanol–water partition coefficient (Wildman–Crippen LogP) is 4.66. The molecule has 2 aromatic rings. The van der Waals surface area contributed by atoms with Crippen LogP contribution in [0.2, 0.25) is 0 Å². The van der Waals surface area contributed by atoms with Crippen LogP contribution in [0.4, 0.5) is 16.2 Å². The lowest BCUT2D eigenvalue weighted by atomic mass is 10.1. The number of hydrogen-bond donors (Lipinski definition) is 1. The number of methoxy groups -OCH3 is 1. The number of ether oxygens (including phenoxy) is 1. The van der Waals surface area contributed by atoms with Crippen LogP contribution in [-0.4, -0.2) is 49.2 Å². The van der Waals surface area contributed by atoms with Gasteiger partial charge in [0.2, 0.25) is 5.88 Å². The average Bonchev–Trinajstić information content (AvgIpc) is 2.79. The molecule has 0 radical (unpaired) electrons. The number of hydrogen-bond acceptors (Lipinski definition) is 4. The van der Waals surface area contributed by atoms with E-state index in [1.54, 1.807) is 7.11 Å². The van der Waals surface area contributed by atoms with E-state index in [9.17, 15) is 4.79 Å². The summed E-state index contributed by atoms with van der Waals surface area (Å²) >= 11 is 0. The molecule has 1 saturated heterocycles. The molecule has 0 aliphatic carbocycles. The number of carbonyl (C=O) groups excluding carboxylic acids is 1. The van der Waals surface area contributed by atoms with Gasteiger partial charge < -0.3 is 19.9 Å². The molecule has 1 aromatic carbocycles.